The molecule has 0 aliphatic rings. The zero-order chi connectivity index (χ0) is 14.0. The highest BCUT2D eigenvalue weighted by atomic mass is 32.1. The monoisotopic (exact) mass is 279 g/mol. The van der Waals surface area contributed by atoms with Crippen LogP contribution in [-0.2, 0) is 6.42 Å². The molecule has 6 nitrogen and oxygen atoms in total. The number of anilines is 1. The molecule has 0 fully saturated rings. The molecule has 2 rings (SSSR count). The molecule has 0 saturated heterocycles. The first-order valence-corrected chi connectivity index (χ1v) is 6.63. The second-order valence-corrected chi connectivity index (χ2v) is 4.82. The highest BCUT2D eigenvalue weighted by Gasteiger charge is 2.20. The zero-order valence-corrected chi connectivity index (χ0v) is 11.6. The maximum Gasteiger partial charge on any atom is 0.262 e. The van der Waals surface area contributed by atoms with Crippen LogP contribution in [0.3, 0.4) is 0 Å². The summed E-state index contributed by atoms with van der Waals surface area (Å²) in [5.41, 5.74) is 1.39. The van der Waals surface area contributed by atoms with Crippen molar-refractivity contribution in [3.63, 3.8) is 0 Å². The molecule has 1 N–H and O–H groups in total. The van der Waals surface area contributed by atoms with Gasteiger partial charge in [0.05, 0.1) is 5.69 Å². The number of Topliss-reactive ketones (excluding diaryl/α,β-unsaturated/α-hetero) is 1. The number of carbonyl (C=O) groups is 2. The third kappa shape index (κ3) is 2.70. The van der Waals surface area contributed by atoms with Gasteiger partial charge >= 0.3 is 0 Å². The first-order valence-electron chi connectivity index (χ1n) is 5.75. The summed E-state index contributed by atoms with van der Waals surface area (Å²) in [6.07, 6.45) is 0.608. The molecule has 0 spiro atoms. The van der Waals surface area contributed by atoms with Gasteiger partial charge in [0.1, 0.15) is 17.0 Å². The van der Waals surface area contributed by atoms with E-state index in [0.29, 0.717) is 34.3 Å². The molecule has 7 heteroatoms. The SMILES string of the molecule is CCc1noc(C)c1C(=O)Nc1nc(C(C)=O)cs1. The van der Waals surface area contributed by atoms with Crippen molar-refractivity contribution in [3.8, 4) is 0 Å². The maximum atomic E-state index is 12.1. The van der Waals surface area contributed by atoms with Crippen LogP contribution in [0.25, 0.3) is 0 Å². The zero-order valence-electron chi connectivity index (χ0n) is 10.8. The van der Waals surface area contributed by atoms with Crippen LogP contribution in [0, 0.1) is 6.92 Å². The number of carbonyl (C=O) groups excluding carboxylic acids is 2. The van der Waals surface area contributed by atoms with E-state index >= 15 is 0 Å². The van der Waals surface area contributed by atoms with Gasteiger partial charge in [0, 0.05) is 12.3 Å². The Kier molecular flexibility index (Phi) is 3.75. The summed E-state index contributed by atoms with van der Waals surface area (Å²) in [4.78, 5) is 27.3. The summed E-state index contributed by atoms with van der Waals surface area (Å²) >= 11 is 1.21. The van der Waals surface area contributed by atoms with Crippen LogP contribution in [0.2, 0.25) is 0 Å². The molecule has 0 unspecified atom stereocenters. The Morgan fingerprint density at radius 3 is 2.79 bits per heavy atom. The quantitative estimate of drug-likeness (QED) is 0.869. The number of nitrogens with zero attached hydrogens (tertiary/aromatic N) is 2. The second kappa shape index (κ2) is 5.31. The van der Waals surface area contributed by atoms with Gasteiger partial charge in [-0.2, -0.15) is 0 Å². The number of aromatic nitrogens is 2. The van der Waals surface area contributed by atoms with Gasteiger partial charge in [-0.3, -0.25) is 14.9 Å². The summed E-state index contributed by atoms with van der Waals surface area (Å²) in [5.74, 6) is 0.0184. The largest absolute Gasteiger partial charge is 0.361 e. The van der Waals surface area contributed by atoms with Gasteiger partial charge in [0.15, 0.2) is 10.9 Å². The molecule has 100 valence electrons. The molecule has 0 bridgehead atoms. The van der Waals surface area contributed by atoms with E-state index in [1.165, 1.54) is 18.3 Å². The summed E-state index contributed by atoms with van der Waals surface area (Å²) in [6, 6.07) is 0. The van der Waals surface area contributed by atoms with Crippen molar-refractivity contribution in [3.05, 3.63) is 28.1 Å². The second-order valence-electron chi connectivity index (χ2n) is 3.96. The molecule has 1 amide bonds. The van der Waals surface area contributed by atoms with E-state index in [0.717, 1.165) is 0 Å². The van der Waals surface area contributed by atoms with E-state index in [1.54, 1.807) is 12.3 Å². The number of hydrogen-bond acceptors (Lipinski definition) is 6. The van der Waals surface area contributed by atoms with Crippen LogP contribution in [-0.4, -0.2) is 21.8 Å². The minimum Gasteiger partial charge on any atom is -0.361 e. The standard InChI is InChI=1S/C12H13N3O3S/c1-4-8-10(7(3)18-15-8)11(17)14-12-13-9(5-19-12)6(2)16/h5H,4H2,1-3H3,(H,13,14,17). The van der Waals surface area contributed by atoms with Gasteiger partial charge in [-0.1, -0.05) is 12.1 Å². The lowest BCUT2D eigenvalue weighted by Crippen LogP contribution is -2.14. The lowest BCUT2D eigenvalue weighted by atomic mass is 10.1. The minimum atomic E-state index is -0.319. The average Bonchev–Trinajstić information content (AvgIpc) is 2.95. The average molecular weight is 279 g/mol. The molecule has 0 atom stereocenters. The number of ketones is 1. The molecule has 2 aromatic heterocycles. The highest BCUT2D eigenvalue weighted by Crippen LogP contribution is 2.19. The molecule has 19 heavy (non-hydrogen) atoms. The summed E-state index contributed by atoms with van der Waals surface area (Å²) in [6.45, 7) is 5.01. The molecule has 0 radical (unpaired) electrons. The predicted octanol–water partition coefficient (Wildman–Crippen LogP) is 2.46. The van der Waals surface area contributed by atoms with Crippen LogP contribution in [0.1, 0.15) is 46.1 Å². The number of thiazole rings is 1. The third-order valence-electron chi connectivity index (χ3n) is 2.58. The fraction of sp³-hybridized carbons (Fsp3) is 0.333. The van der Waals surface area contributed by atoms with E-state index in [-0.39, 0.29) is 11.7 Å². The Balaban J connectivity index is 2.20. The van der Waals surface area contributed by atoms with Crippen LogP contribution in [0.4, 0.5) is 5.13 Å². The topological polar surface area (TPSA) is 85.1 Å². The lowest BCUT2D eigenvalue weighted by molar-refractivity contribution is 0.100. The normalized spacial score (nSPS) is 10.5. The maximum absolute atomic E-state index is 12.1. The van der Waals surface area contributed by atoms with Gasteiger partial charge < -0.3 is 4.52 Å². The molecule has 0 saturated carbocycles. The van der Waals surface area contributed by atoms with Crippen LogP contribution >= 0.6 is 11.3 Å². The van der Waals surface area contributed by atoms with Crippen molar-refractivity contribution in [1.29, 1.82) is 0 Å². The Hall–Kier alpha value is -2.02. The summed E-state index contributed by atoms with van der Waals surface area (Å²) in [5, 5.41) is 8.47. The lowest BCUT2D eigenvalue weighted by Gasteiger charge is -2.00. The van der Waals surface area contributed by atoms with E-state index in [9.17, 15) is 9.59 Å². The van der Waals surface area contributed by atoms with Crippen molar-refractivity contribution in [2.24, 2.45) is 0 Å². The van der Waals surface area contributed by atoms with Crippen molar-refractivity contribution < 1.29 is 14.1 Å². The smallest absolute Gasteiger partial charge is 0.262 e. The van der Waals surface area contributed by atoms with E-state index < -0.39 is 0 Å². The predicted molar refractivity (Wildman–Crippen MR) is 70.7 cm³/mol. The Morgan fingerprint density at radius 1 is 1.47 bits per heavy atom. The Labute approximate surface area is 113 Å². The van der Waals surface area contributed by atoms with Crippen LogP contribution in [0.15, 0.2) is 9.90 Å². The molecular formula is C12H13N3O3S. The van der Waals surface area contributed by atoms with E-state index in [4.69, 9.17) is 4.52 Å². The number of amides is 1. The van der Waals surface area contributed by atoms with Crippen LogP contribution < -0.4 is 5.32 Å². The number of rotatable bonds is 4. The Bertz CT molecular complexity index is 630. The molecule has 2 heterocycles. The first kappa shape index (κ1) is 13.4. The van der Waals surface area contributed by atoms with E-state index in [1.807, 2.05) is 6.92 Å². The van der Waals surface area contributed by atoms with Gasteiger partial charge in [-0.15, -0.1) is 11.3 Å². The highest BCUT2D eigenvalue weighted by molar-refractivity contribution is 7.14. The van der Waals surface area contributed by atoms with Gasteiger partial charge in [0.2, 0.25) is 0 Å². The third-order valence-corrected chi connectivity index (χ3v) is 3.34. The number of nitrogens with one attached hydrogen (secondary N) is 1. The van der Waals surface area contributed by atoms with Gasteiger partial charge in [-0.25, -0.2) is 4.98 Å². The molecule has 0 aliphatic heterocycles. The molecule has 0 aliphatic carbocycles. The molecule has 2 aromatic rings. The number of hydrogen-bond donors (Lipinski definition) is 1. The van der Waals surface area contributed by atoms with Gasteiger partial charge in [0.25, 0.3) is 5.91 Å². The van der Waals surface area contributed by atoms with Crippen molar-refractivity contribution in [2.45, 2.75) is 27.2 Å². The van der Waals surface area contributed by atoms with Gasteiger partial charge in [-0.05, 0) is 13.3 Å². The van der Waals surface area contributed by atoms with E-state index in [2.05, 4.69) is 15.5 Å². The molecule has 0 aromatic carbocycles. The number of aryl methyl sites for hydroxylation is 2. The first-order chi connectivity index (χ1) is 9.02. The van der Waals surface area contributed by atoms with Crippen molar-refractivity contribution in [1.82, 2.24) is 10.1 Å². The minimum absolute atomic E-state index is 0.132. The molecular weight excluding hydrogens is 266 g/mol. The fourth-order valence-electron chi connectivity index (χ4n) is 1.60. The Morgan fingerprint density at radius 2 is 2.21 bits per heavy atom. The van der Waals surface area contributed by atoms with Crippen LogP contribution in [0.5, 0.6) is 0 Å². The summed E-state index contributed by atoms with van der Waals surface area (Å²) in [7, 11) is 0. The van der Waals surface area contributed by atoms with Crippen molar-refractivity contribution in [2.75, 3.05) is 5.32 Å². The fourth-order valence-corrected chi connectivity index (χ4v) is 2.35. The summed E-state index contributed by atoms with van der Waals surface area (Å²) < 4.78 is 5.01. The van der Waals surface area contributed by atoms with Crippen molar-refractivity contribution >= 4 is 28.2 Å².